The number of carboxylic acid groups (broad SMARTS) is 1. The number of benzene rings is 1. The van der Waals surface area contributed by atoms with Gasteiger partial charge in [0, 0.05) is 25.3 Å². The zero-order valence-corrected chi connectivity index (χ0v) is 18.8. The predicted octanol–water partition coefficient (Wildman–Crippen LogP) is 4.95. The van der Waals surface area contributed by atoms with Crippen LogP contribution in [-0.2, 0) is 4.79 Å². The SMILES string of the molecule is Cc1ccccc1C1CCN(c2ncc(C(=O)NC3CC3)cc2Cl)CC1.O=C(O)C(F)(F)F. The summed E-state index contributed by atoms with van der Waals surface area (Å²) in [5, 5.41) is 10.7. The largest absolute Gasteiger partial charge is 0.490 e. The van der Waals surface area contributed by atoms with E-state index >= 15 is 0 Å². The minimum Gasteiger partial charge on any atom is -0.475 e. The first-order valence-corrected chi connectivity index (χ1v) is 11.0. The summed E-state index contributed by atoms with van der Waals surface area (Å²) in [5.74, 6) is -1.45. The molecule has 0 atom stereocenters. The minimum atomic E-state index is -5.08. The number of amides is 1. The number of hydrogen-bond acceptors (Lipinski definition) is 4. The number of piperidine rings is 1. The van der Waals surface area contributed by atoms with E-state index in [1.165, 1.54) is 11.1 Å². The molecule has 178 valence electrons. The highest BCUT2D eigenvalue weighted by atomic mass is 35.5. The summed E-state index contributed by atoms with van der Waals surface area (Å²) in [5.41, 5.74) is 3.37. The normalized spacial score (nSPS) is 16.6. The number of pyridine rings is 1. The average Bonchev–Trinajstić information content (AvgIpc) is 3.58. The molecule has 0 spiro atoms. The van der Waals surface area contributed by atoms with Crippen molar-refractivity contribution in [3.05, 3.63) is 58.2 Å². The number of halogens is 4. The summed E-state index contributed by atoms with van der Waals surface area (Å²) in [7, 11) is 0. The van der Waals surface area contributed by atoms with Crippen molar-refractivity contribution in [3.63, 3.8) is 0 Å². The summed E-state index contributed by atoms with van der Waals surface area (Å²) in [6.07, 6.45) is 0.882. The molecular weight excluding hydrogens is 459 g/mol. The van der Waals surface area contributed by atoms with E-state index in [-0.39, 0.29) is 5.91 Å². The molecule has 2 aliphatic rings. The Kier molecular flexibility index (Phi) is 7.84. The van der Waals surface area contributed by atoms with Crippen LogP contribution in [0.4, 0.5) is 19.0 Å². The van der Waals surface area contributed by atoms with E-state index in [1.54, 1.807) is 12.3 Å². The number of aromatic nitrogens is 1. The van der Waals surface area contributed by atoms with Crippen LogP contribution in [0.3, 0.4) is 0 Å². The second-order valence-corrected chi connectivity index (χ2v) is 8.61. The Balaban J connectivity index is 0.000000383. The number of aliphatic carboxylic acids is 1. The van der Waals surface area contributed by atoms with Crippen LogP contribution in [0, 0.1) is 6.92 Å². The molecule has 1 saturated heterocycles. The Morgan fingerprint density at radius 3 is 2.27 bits per heavy atom. The van der Waals surface area contributed by atoms with Crippen molar-refractivity contribution < 1.29 is 27.9 Å². The molecule has 1 aliphatic carbocycles. The van der Waals surface area contributed by atoms with Gasteiger partial charge in [0.25, 0.3) is 5.91 Å². The summed E-state index contributed by atoms with van der Waals surface area (Å²) in [6.45, 7) is 4.05. The lowest BCUT2D eigenvalue weighted by molar-refractivity contribution is -0.192. The van der Waals surface area contributed by atoms with E-state index in [0.29, 0.717) is 22.5 Å². The van der Waals surface area contributed by atoms with E-state index in [9.17, 15) is 18.0 Å². The molecule has 1 aromatic heterocycles. The number of anilines is 1. The molecule has 2 fully saturated rings. The van der Waals surface area contributed by atoms with Crippen LogP contribution in [0.25, 0.3) is 0 Å². The van der Waals surface area contributed by atoms with Gasteiger partial charge in [0.15, 0.2) is 0 Å². The highest BCUT2D eigenvalue weighted by molar-refractivity contribution is 6.33. The standard InChI is InChI=1S/C21H24ClN3O.C2HF3O2/c1-14-4-2-3-5-18(14)15-8-10-25(11-9-15)20-19(22)12-16(13-23-20)21(26)24-17-6-7-17;3-2(4,5)1(6)7/h2-5,12-13,15,17H,6-11H2,1H3,(H,24,26);(H,6,7). The minimum absolute atomic E-state index is 0.0771. The van der Waals surface area contributed by atoms with Gasteiger partial charge in [0.1, 0.15) is 5.82 Å². The zero-order chi connectivity index (χ0) is 24.2. The maximum atomic E-state index is 12.1. The van der Waals surface area contributed by atoms with Crippen molar-refractivity contribution in [3.8, 4) is 0 Å². The summed E-state index contributed by atoms with van der Waals surface area (Å²) in [4.78, 5) is 27.8. The number of rotatable bonds is 4. The van der Waals surface area contributed by atoms with Crippen molar-refractivity contribution in [2.75, 3.05) is 18.0 Å². The molecular formula is C23H25ClF3N3O3. The van der Waals surface area contributed by atoms with Crippen molar-refractivity contribution in [1.82, 2.24) is 10.3 Å². The van der Waals surface area contributed by atoms with Gasteiger partial charge in [-0.2, -0.15) is 13.2 Å². The molecule has 1 saturated carbocycles. The van der Waals surface area contributed by atoms with Gasteiger partial charge in [-0.05, 0) is 55.7 Å². The smallest absolute Gasteiger partial charge is 0.475 e. The number of nitrogens with zero attached hydrogens (tertiary/aromatic N) is 2. The zero-order valence-electron chi connectivity index (χ0n) is 18.0. The lowest BCUT2D eigenvalue weighted by Crippen LogP contribution is -2.34. The van der Waals surface area contributed by atoms with E-state index in [2.05, 4.69) is 46.4 Å². The van der Waals surface area contributed by atoms with Gasteiger partial charge < -0.3 is 15.3 Å². The molecule has 2 aromatic rings. The number of aryl methyl sites for hydroxylation is 1. The molecule has 33 heavy (non-hydrogen) atoms. The van der Waals surface area contributed by atoms with Crippen molar-refractivity contribution >= 4 is 29.3 Å². The average molecular weight is 484 g/mol. The lowest BCUT2D eigenvalue weighted by atomic mass is 9.87. The Labute approximate surface area is 194 Å². The van der Waals surface area contributed by atoms with Crippen LogP contribution in [0.15, 0.2) is 36.5 Å². The van der Waals surface area contributed by atoms with Crippen LogP contribution < -0.4 is 10.2 Å². The van der Waals surface area contributed by atoms with E-state index in [1.807, 2.05) is 0 Å². The molecule has 2 N–H and O–H groups in total. The van der Waals surface area contributed by atoms with Gasteiger partial charge in [0.2, 0.25) is 0 Å². The second kappa shape index (κ2) is 10.4. The fraction of sp³-hybridized carbons (Fsp3) is 0.435. The first kappa shape index (κ1) is 24.8. The maximum absolute atomic E-state index is 12.1. The molecule has 10 heteroatoms. The van der Waals surface area contributed by atoms with Crippen LogP contribution in [0.5, 0.6) is 0 Å². The van der Waals surface area contributed by atoms with Gasteiger partial charge in [-0.1, -0.05) is 35.9 Å². The van der Waals surface area contributed by atoms with Crippen molar-refractivity contribution in [2.45, 2.75) is 50.7 Å². The predicted molar refractivity (Wildman–Crippen MR) is 119 cm³/mol. The number of nitrogens with one attached hydrogen (secondary N) is 1. The molecule has 4 rings (SSSR count). The maximum Gasteiger partial charge on any atom is 0.490 e. The van der Waals surface area contributed by atoms with Gasteiger partial charge in [-0.25, -0.2) is 9.78 Å². The third-order valence-corrected chi connectivity index (χ3v) is 5.94. The summed E-state index contributed by atoms with van der Waals surface area (Å²) < 4.78 is 31.7. The Hall–Kier alpha value is -2.81. The van der Waals surface area contributed by atoms with E-state index in [4.69, 9.17) is 21.5 Å². The van der Waals surface area contributed by atoms with Gasteiger partial charge in [-0.3, -0.25) is 4.79 Å². The second-order valence-electron chi connectivity index (χ2n) is 8.20. The molecule has 2 heterocycles. The molecule has 0 radical (unpaired) electrons. The molecule has 1 amide bonds. The Bertz CT molecular complexity index is 1000. The monoisotopic (exact) mass is 483 g/mol. The number of hydrogen-bond donors (Lipinski definition) is 2. The van der Waals surface area contributed by atoms with Gasteiger partial charge in [-0.15, -0.1) is 0 Å². The van der Waals surface area contributed by atoms with Crippen molar-refractivity contribution in [1.29, 1.82) is 0 Å². The van der Waals surface area contributed by atoms with Gasteiger partial charge >= 0.3 is 12.1 Å². The van der Waals surface area contributed by atoms with Crippen LogP contribution in [0.1, 0.15) is 53.1 Å². The van der Waals surface area contributed by atoms with E-state index in [0.717, 1.165) is 44.6 Å². The summed E-state index contributed by atoms with van der Waals surface area (Å²) in [6, 6.07) is 10.7. The number of alkyl halides is 3. The fourth-order valence-corrected chi connectivity index (χ4v) is 4.02. The molecule has 6 nitrogen and oxygen atoms in total. The fourth-order valence-electron chi connectivity index (χ4n) is 3.73. The quantitative estimate of drug-likeness (QED) is 0.642. The first-order valence-electron chi connectivity index (χ1n) is 10.6. The molecule has 0 bridgehead atoms. The number of carboxylic acids is 1. The molecule has 1 aliphatic heterocycles. The van der Waals surface area contributed by atoms with Crippen LogP contribution >= 0.6 is 11.6 Å². The van der Waals surface area contributed by atoms with Crippen LogP contribution in [-0.4, -0.2) is 47.3 Å². The van der Waals surface area contributed by atoms with Crippen molar-refractivity contribution in [2.24, 2.45) is 0 Å². The molecule has 0 unspecified atom stereocenters. The number of carbonyl (C=O) groups excluding carboxylic acids is 1. The van der Waals surface area contributed by atoms with Crippen LogP contribution in [0.2, 0.25) is 5.02 Å². The third-order valence-electron chi connectivity index (χ3n) is 5.66. The number of carbonyl (C=O) groups is 2. The Morgan fingerprint density at radius 1 is 1.15 bits per heavy atom. The van der Waals surface area contributed by atoms with Gasteiger partial charge in [0.05, 0.1) is 10.6 Å². The first-order chi connectivity index (χ1) is 15.6. The highest BCUT2D eigenvalue weighted by Crippen LogP contribution is 2.34. The highest BCUT2D eigenvalue weighted by Gasteiger charge is 2.38. The topological polar surface area (TPSA) is 82.5 Å². The molecule has 1 aromatic carbocycles. The third kappa shape index (κ3) is 6.83. The lowest BCUT2D eigenvalue weighted by Gasteiger charge is -2.34. The Morgan fingerprint density at radius 2 is 1.76 bits per heavy atom. The van der Waals surface area contributed by atoms with E-state index < -0.39 is 12.1 Å². The summed E-state index contributed by atoms with van der Waals surface area (Å²) >= 11 is 6.45.